The Bertz CT molecular complexity index is 580. The number of likely N-dealkylation sites (N-methyl/N-ethyl adjacent to an activating group) is 1. The summed E-state index contributed by atoms with van der Waals surface area (Å²) in [6.07, 6.45) is 1.42. The minimum atomic E-state index is -0.0844. The molecule has 5 heteroatoms. The Morgan fingerprint density at radius 2 is 2.11 bits per heavy atom. The molecule has 2 aromatic rings. The van der Waals surface area contributed by atoms with Crippen LogP contribution in [0.5, 0.6) is 0 Å². The number of carbonyl (C=O) groups is 1. The molecule has 2 heterocycles. The van der Waals surface area contributed by atoms with Crippen molar-refractivity contribution in [2.24, 2.45) is 0 Å². The highest BCUT2D eigenvalue weighted by Crippen LogP contribution is 2.24. The smallest absolute Gasteiger partial charge is 0.276 e. The van der Waals surface area contributed by atoms with Gasteiger partial charge in [0.05, 0.1) is 0 Å². The van der Waals surface area contributed by atoms with Gasteiger partial charge in [-0.15, -0.1) is 0 Å². The van der Waals surface area contributed by atoms with Crippen molar-refractivity contribution >= 4 is 11.6 Å². The summed E-state index contributed by atoms with van der Waals surface area (Å²) in [6.45, 7) is 2.09. The Morgan fingerprint density at radius 3 is 2.89 bits per heavy atom. The number of rotatable bonds is 1. The largest absolute Gasteiger partial charge is 0.373 e. The zero-order valence-corrected chi connectivity index (χ0v) is 10.7. The number of aromatic nitrogens is 1. The molecule has 1 aromatic heterocycles. The summed E-state index contributed by atoms with van der Waals surface area (Å²) in [5.41, 5.74) is 2.69. The number of nitrogens with zero attached hydrogens (tertiary/aromatic N) is 3. The van der Waals surface area contributed by atoms with Crippen LogP contribution in [0.3, 0.4) is 0 Å². The number of amides is 1. The van der Waals surface area contributed by atoms with Gasteiger partial charge in [0, 0.05) is 38.4 Å². The predicted molar refractivity (Wildman–Crippen MR) is 71.0 cm³/mol. The van der Waals surface area contributed by atoms with Gasteiger partial charge in [-0.2, -0.15) is 0 Å². The maximum atomic E-state index is 12.3. The molecule has 0 aliphatic carbocycles. The molecule has 19 heavy (non-hydrogen) atoms. The summed E-state index contributed by atoms with van der Waals surface area (Å²) >= 11 is 0. The van der Waals surface area contributed by atoms with Crippen LogP contribution in [0.4, 0.5) is 5.69 Å². The van der Waals surface area contributed by atoms with Crippen molar-refractivity contribution in [3.05, 3.63) is 47.9 Å². The van der Waals surface area contributed by atoms with Gasteiger partial charge in [0.25, 0.3) is 5.91 Å². The first-order valence-electron chi connectivity index (χ1n) is 6.24. The summed E-state index contributed by atoms with van der Waals surface area (Å²) in [5.74, 6) is -0.0844. The second-order valence-electron chi connectivity index (χ2n) is 4.66. The zero-order valence-electron chi connectivity index (χ0n) is 10.7. The van der Waals surface area contributed by atoms with Crippen LogP contribution in [-0.4, -0.2) is 36.1 Å². The number of carbonyl (C=O) groups excluding carboxylic acids is 1. The van der Waals surface area contributed by atoms with Gasteiger partial charge in [-0.05, 0) is 11.6 Å². The first kappa shape index (κ1) is 11.8. The zero-order chi connectivity index (χ0) is 13.2. The third-order valence-electron chi connectivity index (χ3n) is 3.41. The van der Waals surface area contributed by atoms with Crippen LogP contribution in [0.1, 0.15) is 16.1 Å². The van der Waals surface area contributed by atoms with Crippen molar-refractivity contribution < 1.29 is 9.32 Å². The Kier molecular flexibility index (Phi) is 2.95. The van der Waals surface area contributed by atoms with Gasteiger partial charge in [-0.25, -0.2) is 0 Å². The Balaban J connectivity index is 1.89. The van der Waals surface area contributed by atoms with Crippen molar-refractivity contribution in [3.8, 4) is 0 Å². The number of benzene rings is 1. The highest BCUT2D eigenvalue weighted by atomic mass is 16.5. The van der Waals surface area contributed by atoms with E-state index in [0.717, 1.165) is 12.1 Å². The molecular weight excluding hydrogens is 242 g/mol. The number of fused-ring (bicyclic) bond motifs is 1. The molecule has 3 rings (SSSR count). The van der Waals surface area contributed by atoms with Crippen LogP contribution < -0.4 is 4.90 Å². The van der Waals surface area contributed by atoms with E-state index in [-0.39, 0.29) is 5.91 Å². The van der Waals surface area contributed by atoms with Gasteiger partial charge < -0.3 is 14.3 Å². The van der Waals surface area contributed by atoms with Crippen LogP contribution in [0, 0.1) is 0 Å². The lowest BCUT2D eigenvalue weighted by molar-refractivity contribution is 0.0741. The van der Waals surface area contributed by atoms with E-state index in [2.05, 4.69) is 22.2 Å². The van der Waals surface area contributed by atoms with E-state index in [1.54, 1.807) is 11.0 Å². The third kappa shape index (κ3) is 2.19. The van der Waals surface area contributed by atoms with Crippen molar-refractivity contribution in [2.45, 2.75) is 6.54 Å². The molecule has 0 saturated carbocycles. The lowest BCUT2D eigenvalue weighted by atomic mass is 10.1. The molecule has 0 N–H and O–H groups in total. The van der Waals surface area contributed by atoms with Gasteiger partial charge in [-0.1, -0.05) is 23.4 Å². The van der Waals surface area contributed by atoms with E-state index < -0.39 is 0 Å². The number of hydrogen-bond acceptors (Lipinski definition) is 4. The number of hydrogen-bond donors (Lipinski definition) is 0. The van der Waals surface area contributed by atoms with Gasteiger partial charge in [0.15, 0.2) is 5.69 Å². The highest BCUT2D eigenvalue weighted by Gasteiger charge is 2.23. The van der Waals surface area contributed by atoms with Crippen LogP contribution in [0.15, 0.2) is 41.1 Å². The molecule has 0 radical (unpaired) electrons. The molecular formula is C14H15N3O2. The maximum Gasteiger partial charge on any atom is 0.276 e. The van der Waals surface area contributed by atoms with Crippen molar-refractivity contribution in [1.29, 1.82) is 0 Å². The van der Waals surface area contributed by atoms with Crippen molar-refractivity contribution in [1.82, 2.24) is 10.1 Å². The summed E-state index contributed by atoms with van der Waals surface area (Å²) in [5, 5.41) is 3.72. The quantitative estimate of drug-likeness (QED) is 0.781. The maximum absolute atomic E-state index is 12.3. The van der Waals surface area contributed by atoms with Crippen LogP contribution in [-0.2, 0) is 6.54 Å². The van der Waals surface area contributed by atoms with Gasteiger partial charge >= 0.3 is 0 Å². The Labute approximate surface area is 111 Å². The second-order valence-corrected chi connectivity index (χ2v) is 4.66. The minimum absolute atomic E-state index is 0.0844. The molecule has 1 aliphatic rings. The van der Waals surface area contributed by atoms with Crippen molar-refractivity contribution in [3.63, 3.8) is 0 Å². The summed E-state index contributed by atoms with van der Waals surface area (Å²) in [4.78, 5) is 16.3. The van der Waals surface area contributed by atoms with Crippen LogP contribution >= 0.6 is 0 Å². The Morgan fingerprint density at radius 1 is 1.26 bits per heavy atom. The third-order valence-corrected chi connectivity index (χ3v) is 3.41. The first-order valence-corrected chi connectivity index (χ1v) is 6.24. The fourth-order valence-electron chi connectivity index (χ4n) is 2.35. The molecule has 1 amide bonds. The Hall–Kier alpha value is -2.30. The first-order chi connectivity index (χ1) is 9.25. The lowest BCUT2D eigenvalue weighted by Crippen LogP contribution is -2.34. The molecule has 0 saturated heterocycles. The van der Waals surface area contributed by atoms with Gasteiger partial charge in [0.1, 0.15) is 6.26 Å². The predicted octanol–water partition coefficient (Wildman–Crippen LogP) is 1.77. The van der Waals surface area contributed by atoms with Crippen LogP contribution in [0.2, 0.25) is 0 Å². The average molecular weight is 257 g/mol. The highest BCUT2D eigenvalue weighted by molar-refractivity contribution is 5.92. The fraction of sp³-hybridized carbons (Fsp3) is 0.286. The van der Waals surface area contributed by atoms with E-state index in [1.807, 2.05) is 19.2 Å². The minimum Gasteiger partial charge on any atom is -0.373 e. The standard InChI is InChI=1S/C14H15N3O2/c1-16-7-8-17(14(18)12-6-9-19-15-12)10-11-4-2-3-5-13(11)16/h2-6,9H,7-8,10H2,1H3. The monoisotopic (exact) mass is 257 g/mol. The van der Waals surface area contributed by atoms with E-state index in [0.29, 0.717) is 18.8 Å². The molecule has 98 valence electrons. The summed E-state index contributed by atoms with van der Waals surface area (Å²) in [7, 11) is 2.04. The number of anilines is 1. The lowest BCUT2D eigenvalue weighted by Gasteiger charge is -2.19. The van der Waals surface area contributed by atoms with Gasteiger partial charge in [-0.3, -0.25) is 4.79 Å². The second kappa shape index (κ2) is 4.76. The normalized spacial score (nSPS) is 15.0. The van der Waals surface area contributed by atoms with E-state index in [4.69, 9.17) is 4.52 Å². The van der Waals surface area contributed by atoms with E-state index in [1.165, 1.54) is 12.0 Å². The molecule has 0 bridgehead atoms. The SMILES string of the molecule is CN1CCN(C(=O)c2ccon2)Cc2ccccc21. The number of para-hydroxylation sites is 1. The van der Waals surface area contributed by atoms with Gasteiger partial charge in [0.2, 0.25) is 0 Å². The van der Waals surface area contributed by atoms with E-state index >= 15 is 0 Å². The topological polar surface area (TPSA) is 49.6 Å². The average Bonchev–Trinajstić information content (AvgIpc) is 2.91. The summed E-state index contributed by atoms with van der Waals surface area (Å²) < 4.78 is 4.74. The summed E-state index contributed by atoms with van der Waals surface area (Å²) in [6, 6.07) is 9.75. The molecule has 1 aliphatic heterocycles. The van der Waals surface area contributed by atoms with E-state index in [9.17, 15) is 4.79 Å². The molecule has 0 spiro atoms. The molecule has 0 unspecified atom stereocenters. The molecule has 5 nitrogen and oxygen atoms in total. The molecule has 0 fully saturated rings. The fourth-order valence-corrected chi connectivity index (χ4v) is 2.35. The van der Waals surface area contributed by atoms with Crippen molar-refractivity contribution in [2.75, 3.05) is 25.0 Å². The molecule has 0 atom stereocenters. The molecule has 1 aromatic carbocycles. The van der Waals surface area contributed by atoms with Crippen LogP contribution in [0.25, 0.3) is 0 Å².